The normalized spacial score (nSPS) is 11.4. The van der Waals surface area contributed by atoms with Gasteiger partial charge in [-0.25, -0.2) is 4.39 Å². The molecule has 3 nitrogen and oxygen atoms in total. The van der Waals surface area contributed by atoms with E-state index in [0.29, 0.717) is 17.1 Å². The fraction of sp³-hybridized carbons (Fsp3) is 0.500. The lowest BCUT2D eigenvalue weighted by atomic mass is 10.1. The Bertz CT molecular complexity index is 432. The van der Waals surface area contributed by atoms with E-state index < -0.39 is 0 Å². The summed E-state index contributed by atoms with van der Waals surface area (Å²) in [5, 5.41) is 0. The number of halogens is 1. The standard InChI is InChI=1S/C14H21FN2OS/c1-14(2,16)10-19-9-13(18)17(3)8-11-6-4-5-7-12(11)15/h4-7H,8-10,16H2,1-3H3. The van der Waals surface area contributed by atoms with E-state index in [1.807, 2.05) is 13.8 Å². The van der Waals surface area contributed by atoms with Gasteiger partial charge in [0, 0.05) is 30.4 Å². The number of benzene rings is 1. The highest BCUT2D eigenvalue weighted by molar-refractivity contribution is 8.00. The highest BCUT2D eigenvalue weighted by atomic mass is 32.2. The average molecular weight is 284 g/mol. The molecule has 0 saturated heterocycles. The maximum Gasteiger partial charge on any atom is 0.232 e. The summed E-state index contributed by atoms with van der Waals surface area (Å²) in [6.07, 6.45) is 0. The van der Waals surface area contributed by atoms with Crippen LogP contribution in [0.4, 0.5) is 4.39 Å². The minimum absolute atomic E-state index is 0.0162. The minimum atomic E-state index is -0.283. The largest absolute Gasteiger partial charge is 0.341 e. The van der Waals surface area contributed by atoms with Gasteiger partial charge in [0.2, 0.25) is 5.91 Å². The van der Waals surface area contributed by atoms with E-state index in [4.69, 9.17) is 5.73 Å². The van der Waals surface area contributed by atoms with Crippen LogP contribution in [0.3, 0.4) is 0 Å². The van der Waals surface area contributed by atoms with Crippen molar-refractivity contribution in [3.8, 4) is 0 Å². The summed E-state index contributed by atoms with van der Waals surface area (Å²) in [5.41, 5.74) is 6.09. The van der Waals surface area contributed by atoms with Gasteiger partial charge in [0.1, 0.15) is 5.82 Å². The maximum atomic E-state index is 13.5. The number of carbonyl (C=O) groups excluding carboxylic acids is 1. The zero-order valence-electron chi connectivity index (χ0n) is 11.6. The molecule has 0 fully saturated rings. The van der Waals surface area contributed by atoms with Crippen LogP contribution in [0, 0.1) is 5.82 Å². The Hall–Kier alpha value is -1.07. The summed E-state index contributed by atoms with van der Waals surface area (Å²) in [5.74, 6) is 0.785. The first-order valence-electron chi connectivity index (χ1n) is 6.13. The van der Waals surface area contributed by atoms with Crippen molar-refractivity contribution in [2.45, 2.75) is 25.9 Å². The van der Waals surface area contributed by atoms with E-state index in [9.17, 15) is 9.18 Å². The summed E-state index contributed by atoms with van der Waals surface area (Å²) >= 11 is 1.50. The number of nitrogens with two attached hydrogens (primary N) is 1. The molecular weight excluding hydrogens is 263 g/mol. The first kappa shape index (κ1) is 16.0. The highest BCUT2D eigenvalue weighted by Gasteiger charge is 2.15. The topological polar surface area (TPSA) is 46.3 Å². The number of rotatable bonds is 6. The molecule has 0 radical (unpaired) electrons. The number of amides is 1. The molecule has 0 unspecified atom stereocenters. The fourth-order valence-electron chi connectivity index (χ4n) is 1.48. The number of hydrogen-bond acceptors (Lipinski definition) is 3. The van der Waals surface area contributed by atoms with Gasteiger partial charge in [-0.1, -0.05) is 18.2 Å². The van der Waals surface area contributed by atoms with Gasteiger partial charge in [-0.15, -0.1) is 0 Å². The van der Waals surface area contributed by atoms with Crippen LogP contribution in [-0.2, 0) is 11.3 Å². The molecule has 0 aromatic heterocycles. The molecule has 2 N–H and O–H groups in total. The smallest absolute Gasteiger partial charge is 0.232 e. The number of hydrogen-bond donors (Lipinski definition) is 1. The van der Waals surface area contributed by atoms with Crippen molar-refractivity contribution in [2.24, 2.45) is 5.73 Å². The summed E-state index contributed by atoms with van der Waals surface area (Å²) in [4.78, 5) is 13.4. The molecule has 0 bridgehead atoms. The zero-order chi connectivity index (χ0) is 14.5. The number of nitrogens with zero attached hydrogens (tertiary/aromatic N) is 1. The lowest BCUT2D eigenvalue weighted by molar-refractivity contribution is -0.127. The summed E-state index contributed by atoms with van der Waals surface area (Å²) in [7, 11) is 1.68. The van der Waals surface area contributed by atoms with E-state index >= 15 is 0 Å². The molecule has 0 aliphatic carbocycles. The van der Waals surface area contributed by atoms with Gasteiger partial charge in [0.25, 0.3) is 0 Å². The molecular formula is C14H21FN2OS. The van der Waals surface area contributed by atoms with Gasteiger partial charge in [0.05, 0.1) is 5.75 Å². The van der Waals surface area contributed by atoms with Gasteiger partial charge in [-0.3, -0.25) is 4.79 Å². The second kappa shape index (κ2) is 6.91. The van der Waals surface area contributed by atoms with Crippen LogP contribution in [-0.4, -0.2) is 34.9 Å². The molecule has 0 atom stereocenters. The average Bonchev–Trinajstić information content (AvgIpc) is 2.30. The minimum Gasteiger partial charge on any atom is -0.341 e. The predicted octanol–water partition coefficient (Wildman–Crippen LogP) is 2.25. The molecule has 1 aromatic rings. The van der Waals surface area contributed by atoms with Crippen molar-refractivity contribution in [2.75, 3.05) is 18.6 Å². The highest BCUT2D eigenvalue weighted by Crippen LogP contribution is 2.12. The van der Waals surface area contributed by atoms with Gasteiger partial charge < -0.3 is 10.6 Å². The first-order valence-corrected chi connectivity index (χ1v) is 7.29. The monoisotopic (exact) mass is 284 g/mol. The second-order valence-electron chi connectivity index (χ2n) is 5.32. The molecule has 19 heavy (non-hydrogen) atoms. The van der Waals surface area contributed by atoms with Crippen LogP contribution in [0.25, 0.3) is 0 Å². The van der Waals surface area contributed by atoms with Gasteiger partial charge in [-0.05, 0) is 19.9 Å². The molecule has 0 saturated carbocycles. The predicted molar refractivity (Wildman–Crippen MR) is 78.5 cm³/mol. The third-order valence-corrected chi connectivity index (χ3v) is 3.89. The summed E-state index contributed by atoms with van der Waals surface area (Å²) < 4.78 is 13.5. The van der Waals surface area contributed by atoms with Crippen molar-refractivity contribution >= 4 is 17.7 Å². The number of thioether (sulfide) groups is 1. The van der Waals surface area contributed by atoms with Crippen molar-refractivity contribution in [1.82, 2.24) is 4.90 Å². The summed E-state index contributed by atoms with van der Waals surface area (Å²) in [6.45, 7) is 4.14. The Balaban J connectivity index is 2.43. The van der Waals surface area contributed by atoms with Gasteiger partial charge in [-0.2, -0.15) is 11.8 Å². The Morgan fingerprint density at radius 3 is 2.63 bits per heavy atom. The molecule has 1 rings (SSSR count). The van der Waals surface area contributed by atoms with Crippen LogP contribution in [0.5, 0.6) is 0 Å². The fourth-order valence-corrected chi connectivity index (χ4v) is 2.51. The van der Waals surface area contributed by atoms with Crippen LogP contribution < -0.4 is 5.73 Å². The number of carbonyl (C=O) groups is 1. The first-order chi connectivity index (χ1) is 8.79. The quantitative estimate of drug-likeness (QED) is 0.871. The molecule has 0 spiro atoms. The van der Waals surface area contributed by atoms with Crippen LogP contribution >= 0.6 is 11.8 Å². The third-order valence-electron chi connectivity index (χ3n) is 2.49. The second-order valence-corrected chi connectivity index (χ2v) is 6.31. The Morgan fingerprint density at radius 2 is 2.05 bits per heavy atom. The van der Waals surface area contributed by atoms with E-state index in [1.54, 1.807) is 25.2 Å². The van der Waals surface area contributed by atoms with E-state index in [-0.39, 0.29) is 23.8 Å². The van der Waals surface area contributed by atoms with Crippen molar-refractivity contribution in [3.63, 3.8) is 0 Å². The third kappa shape index (κ3) is 6.07. The van der Waals surface area contributed by atoms with Gasteiger partial charge >= 0.3 is 0 Å². The molecule has 1 amide bonds. The molecule has 5 heteroatoms. The van der Waals surface area contributed by atoms with Crippen molar-refractivity contribution < 1.29 is 9.18 Å². The lowest BCUT2D eigenvalue weighted by Crippen LogP contribution is -2.36. The molecule has 0 heterocycles. The van der Waals surface area contributed by atoms with Crippen LogP contribution in [0.2, 0.25) is 0 Å². The van der Waals surface area contributed by atoms with Crippen LogP contribution in [0.15, 0.2) is 24.3 Å². The van der Waals surface area contributed by atoms with Crippen molar-refractivity contribution in [1.29, 1.82) is 0 Å². The van der Waals surface area contributed by atoms with Gasteiger partial charge in [0.15, 0.2) is 0 Å². The maximum absolute atomic E-state index is 13.5. The SMILES string of the molecule is CN(Cc1ccccc1F)C(=O)CSCC(C)(C)N. The Kier molecular flexibility index (Phi) is 5.82. The lowest BCUT2D eigenvalue weighted by Gasteiger charge is -2.20. The van der Waals surface area contributed by atoms with E-state index in [1.165, 1.54) is 22.7 Å². The molecule has 0 aliphatic heterocycles. The molecule has 106 valence electrons. The molecule has 0 aliphatic rings. The zero-order valence-corrected chi connectivity index (χ0v) is 12.5. The molecule has 1 aromatic carbocycles. The summed E-state index contributed by atoms with van der Waals surface area (Å²) in [6, 6.07) is 6.50. The van der Waals surface area contributed by atoms with E-state index in [0.717, 1.165) is 0 Å². The Labute approximate surface area is 118 Å². The Morgan fingerprint density at radius 1 is 1.42 bits per heavy atom. The van der Waals surface area contributed by atoms with E-state index in [2.05, 4.69) is 0 Å². The van der Waals surface area contributed by atoms with Crippen molar-refractivity contribution in [3.05, 3.63) is 35.6 Å². The van der Waals surface area contributed by atoms with Crippen LogP contribution in [0.1, 0.15) is 19.4 Å².